The molecule has 0 radical (unpaired) electrons. The summed E-state index contributed by atoms with van der Waals surface area (Å²) in [6, 6.07) is 12.8. The van der Waals surface area contributed by atoms with Crippen molar-refractivity contribution >= 4 is 21.4 Å². The van der Waals surface area contributed by atoms with Gasteiger partial charge in [-0.05, 0) is 60.2 Å². The zero-order valence-corrected chi connectivity index (χ0v) is 16.9. The van der Waals surface area contributed by atoms with E-state index in [1.165, 1.54) is 5.56 Å². The molecule has 0 fully saturated rings. The number of fused-ring (bicyclic) bond motifs is 1. The fourth-order valence-corrected chi connectivity index (χ4v) is 4.88. The number of hydrogen-bond donors (Lipinski definition) is 1. The van der Waals surface area contributed by atoms with Gasteiger partial charge < -0.3 is 9.88 Å². The highest BCUT2D eigenvalue weighted by atomic mass is 32.2. The highest BCUT2D eigenvalue weighted by molar-refractivity contribution is 7.91. The minimum absolute atomic E-state index is 0.0732. The molecule has 4 rings (SSSR count). The molecule has 3 aromatic rings. The summed E-state index contributed by atoms with van der Waals surface area (Å²) in [5.41, 5.74) is 4.09. The van der Waals surface area contributed by atoms with E-state index in [0.717, 1.165) is 30.4 Å². The van der Waals surface area contributed by atoms with Crippen molar-refractivity contribution in [3.63, 3.8) is 0 Å². The third-order valence-corrected chi connectivity index (χ3v) is 6.90. The minimum atomic E-state index is -3.47. The number of sulfone groups is 1. The Bertz CT molecular complexity index is 1100. The zero-order chi connectivity index (χ0) is 20.3. The van der Waals surface area contributed by atoms with Crippen LogP contribution in [0.5, 0.6) is 0 Å². The summed E-state index contributed by atoms with van der Waals surface area (Å²) in [5, 5.41) is 2.77. The molecule has 0 saturated heterocycles. The van der Waals surface area contributed by atoms with Gasteiger partial charge in [-0.2, -0.15) is 0 Å². The molecular weight excluding hydrogens is 386 g/mol. The third-order valence-electron chi connectivity index (χ3n) is 5.19. The molecule has 29 heavy (non-hydrogen) atoms. The number of aromatic nitrogens is 2. The van der Waals surface area contributed by atoms with Crippen molar-refractivity contribution in [3.05, 3.63) is 77.9 Å². The molecule has 1 aliphatic carbocycles. The number of anilines is 1. The van der Waals surface area contributed by atoms with Crippen molar-refractivity contribution in [1.29, 1.82) is 0 Å². The number of rotatable bonds is 7. The van der Waals surface area contributed by atoms with E-state index >= 15 is 0 Å². The van der Waals surface area contributed by atoms with E-state index in [4.69, 9.17) is 0 Å². The molecular formula is C22H23N3O3S. The lowest BCUT2D eigenvalue weighted by Gasteiger charge is -2.09. The van der Waals surface area contributed by atoms with E-state index in [1.807, 2.05) is 41.1 Å². The van der Waals surface area contributed by atoms with Gasteiger partial charge in [-0.3, -0.25) is 4.79 Å². The summed E-state index contributed by atoms with van der Waals surface area (Å²) >= 11 is 0. The lowest BCUT2D eigenvalue weighted by atomic mass is 10.1. The van der Waals surface area contributed by atoms with E-state index in [9.17, 15) is 13.2 Å². The Hall–Kier alpha value is -2.93. The molecule has 1 amide bonds. The van der Waals surface area contributed by atoms with Crippen molar-refractivity contribution in [2.75, 3.05) is 11.1 Å². The molecule has 1 aromatic heterocycles. The van der Waals surface area contributed by atoms with Crippen LogP contribution in [0, 0.1) is 0 Å². The lowest BCUT2D eigenvalue weighted by Crippen LogP contribution is -2.17. The summed E-state index contributed by atoms with van der Waals surface area (Å²) < 4.78 is 27.2. The Morgan fingerprint density at radius 2 is 1.86 bits per heavy atom. The lowest BCUT2D eigenvalue weighted by molar-refractivity contribution is -0.115. The van der Waals surface area contributed by atoms with Crippen molar-refractivity contribution < 1.29 is 13.2 Å². The Labute approximate surface area is 170 Å². The van der Waals surface area contributed by atoms with Gasteiger partial charge >= 0.3 is 0 Å². The summed E-state index contributed by atoms with van der Waals surface area (Å²) in [6.45, 7) is 0.702. The van der Waals surface area contributed by atoms with E-state index in [1.54, 1.807) is 24.7 Å². The average Bonchev–Trinajstić information content (AvgIpc) is 3.39. The number of carbonyl (C=O) groups is 1. The highest BCUT2D eigenvalue weighted by Gasteiger charge is 2.19. The number of aryl methyl sites for hydroxylation is 2. The molecule has 0 aliphatic heterocycles. The van der Waals surface area contributed by atoms with Crippen LogP contribution < -0.4 is 5.32 Å². The molecule has 0 unspecified atom stereocenters. The number of benzene rings is 2. The van der Waals surface area contributed by atoms with Crippen LogP contribution in [0.3, 0.4) is 0 Å². The van der Waals surface area contributed by atoms with E-state index in [-0.39, 0.29) is 18.1 Å². The van der Waals surface area contributed by atoms with Gasteiger partial charge in [-0.15, -0.1) is 0 Å². The third kappa shape index (κ3) is 4.74. The van der Waals surface area contributed by atoms with Gasteiger partial charge in [-0.25, -0.2) is 13.4 Å². The predicted octanol–water partition coefficient (Wildman–Crippen LogP) is 3.22. The second-order valence-electron chi connectivity index (χ2n) is 7.33. The molecule has 1 N–H and O–H groups in total. The first-order valence-corrected chi connectivity index (χ1v) is 11.3. The molecule has 0 atom stereocenters. The Balaban J connectivity index is 1.32. The van der Waals surface area contributed by atoms with Crippen LogP contribution in [0.1, 0.15) is 29.5 Å². The number of nitrogens with zero attached hydrogens (tertiary/aromatic N) is 2. The fourth-order valence-electron chi connectivity index (χ4n) is 3.59. The fraction of sp³-hybridized carbons (Fsp3) is 0.273. The first-order chi connectivity index (χ1) is 14.0. The van der Waals surface area contributed by atoms with Crippen LogP contribution in [0.25, 0.3) is 0 Å². The van der Waals surface area contributed by atoms with E-state index in [0.29, 0.717) is 17.1 Å². The van der Waals surface area contributed by atoms with Gasteiger partial charge in [0.05, 0.1) is 17.0 Å². The Kier molecular flexibility index (Phi) is 5.49. The number of amides is 1. The van der Waals surface area contributed by atoms with Crippen molar-refractivity contribution in [3.8, 4) is 0 Å². The van der Waals surface area contributed by atoms with Crippen molar-refractivity contribution in [1.82, 2.24) is 9.55 Å². The molecule has 0 saturated carbocycles. The molecule has 7 heteroatoms. The second-order valence-corrected chi connectivity index (χ2v) is 9.44. The van der Waals surface area contributed by atoms with Crippen LogP contribution in [0.2, 0.25) is 0 Å². The van der Waals surface area contributed by atoms with Gasteiger partial charge in [0.1, 0.15) is 0 Å². The molecule has 6 nitrogen and oxygen atoms in total. The SMILES string of the molecule is O=C(CCS(=O)(=O)c1ccc2c(c1)CCC2)Nc1ccc(Cn2ccnc2)cc1. The monoisotopic (exact) mass is 409 g/mol. The topological polar surface area (TPSA) is 81.1 Å². The molecule has 0 spiro atoms. The van der Waals surface area contributed by atoms with Crippen LogP contribution in [-0.2, 0) is 34.0 Å². The van der Waals surface area contributed by atoms with Crippen LogP contribution in [0.4, 0.5) is 5.69 Å². The van der Waals surface area contributed by atoms with Gasteiger partial charge in [-0.1, -0.05) is 18.2 Å². The smallest absolute Gasteiger partial charge is 0.225 e. The van der Waals surface area contributed by atoms with Gasteiger partial charge in [0, 0.05) is 31.0 Å². The van der Waals surface area contributed by atoms with Gasteiger partial charge in [0.25, 0.3) is 0 Å². The maximum atomic E-state index is 12.6. The maximum Gasteiger partial charge on any atom is 0.225 e. The predicted molar refractivity (Wildman–Crippen MR) is 112 cm³/mol. The number of hydrogen-bond acceptors (Lipinski definition) is 4. The summed E-state index contributed by atoms with van der Waals surface area (Å²) in [6.07, 6.45) is 8.30. The number of imidazole rings is 1. The molecule has 1 aliphatic rings. The number of nitrogens with one attached hydrogen (secondary N) is 1. The Morgan fingerprint density at radius 3 is 2.62 bits per heavy atom. The first kappa shape index (κ1) is 19.4. The van der Waals surface area contributed by atoms with Crippen LogP contribution in [0.15, 0.2) is 66.1 Å². The highest BCUT2D eigenvalue weighted by Crippen LogP contribution is 2.25. The quantitative estimate of drug-likeness (QED) is 0.650. The summed E-state index contributed by atoms with van der Waals surface area (Å²) in [7, 11) is -3.47. The minimum Gasteiger partial charge on any atom is -0.333 e. The van der Waals surface area contributed by atoms with Crippen molar-refractivity contribution in [2.45, 2.75) is 37.1 Å². The largest absolute Gasteiger partial charge is 0.333 e. The zero-order valence-electron chi connectivity index (χ0n) is 16.0. The Morgan fingerprint density at radius 1 is 1.07 bits per heavy atom. The van der Waals surface area contributed by atoms with Gasteiger partial charge in [0.15, 0.2) is 9.84 Å². The van der Waals surface area contributed by atoms with E-state index < -0.39 is 9.84 Å². The maximum absolute atomic E-state index is 12.6. The standard InChI is InChI=1S/C22H23N3O3S/c26-22(24-20-7-4-17(5-8-20)15-25-12-11-23-16-25)10-13-29(27,28)21-9-6-18-2-1-3-19(18)14-21/h4-9,11-12,14,16H,1-3,10,13,15H2,(H,24,26). The van der Waals surface area contributed by atoms with Crippen LogP contribution in [-0.4, -0.2) is 29.6 Å². The van der Waals surface area contributed by atoms with Crippen molar-refractivity contribution in [2.24, 2.45) is 0 Å². The van der Waals surface area contributed by atoms with Crippen LogP contribution >= 0.6 is 0 Å². The second kappa shape index (κ2) is 8.21. The normalized spacial score (nSPS) is 13.2. The molecule has 1 heterocycles. The molecule has 0 bridgehead atoms. The number of carbonyl (C=O) groups excluding carboxylic acids is 1. The molecule has 2 aromatic carbocycles. The average molecular weight is 410 g/mol. The summed E-state index contributed by atoms with van der Waals surface area (Å²) in [4.78, 5) is 16.6. The van der Waals surface area contributed by atoms with Gasteiger partial charge in [0.2, 0.25) is 5.91 Å². The first-order valence-electron chi connectivity index (χ1n) is 9.69. The summed E-state index contributed by atoms with van der Waals surface area (Å²) in [5.74, 6) is -0.506. The molecule has 150 valence electrons. The van der Waals surface area contributed by atoms with E-state index in [2.05, 4.69) is 10.3 Å².